The third-order valence-electron chi connectivity index (χ3n) is 5.57. The Labute approximate surface area is 183 Å². The number of benzene rings is 1. The van der Waals surface area contributed by atoms with Crippen molar-refractivity contribution in [3.63, 3.8) is 0 Å². The van der Waals surface area contributed by atoms with E-state index in [1.165, 1.54) is 0 Å². The first kappa shape index (κ1) is 19.6. The highest BCUT2D eigenvalue weighted by atomic mass is 35.5. The molecule has 4 heterocycles. The van der Waals surface area contributed by atoms with Crippen LogP contribution in [0.25, 0.3) is 10.6 Å². The van der Waals surface area contributed by atoms with Gasteiger partial charge in [0.2, 0.25) is 0 Å². The summed E-state index contributed by atoms with van der Waals surface area (Å²) in [5.41, 5.74) is 4.69. The molecule has 154 valence electrons. The number of aromatic nitrogens is 3. The zero-order valence-corrected chi connectivity index (χ0v) is 18.1. The molecular formula is C22H22ClN5OS. The van der Waals surface area contributed by atoms with Gasteiger partial charge in [0, 0.05) is 48.6 Å². The number of fused-ring (bicyclic) bond motifs is 1. The lowest BCUT2D eigenvalue weighted by Gasteiger charge is -2.27. The summed E-state index contributed by atoms with van der Waals surface area (Å²) in [6, 6.07) is 7.74. The molecule has 2 aromatic heterocycles. The minimum Gasteiger partial charge on any atom is -0.305 e. The van der Waals surface area contributed by atoms with E-state index < -0.39 is 0 Å². The molecule has 0 amide bonds. The van der Waals surface area contributed by atoms with E-state index in [0.717, 1.165) is 83.6 Å². The zero-order valence-electron chi connectivity index (χ0n) is 16.5. The molecule has 0 radical (unpaired) electrons. The first-order valence-corrected chi connectivity index (χ1v) is 11.5. The van der Waals surface area contributed by atoms with Crippen LogP contribution in [0.2, 0.25) is 5.02 Å². The van der Waals surface area contributed by atoms with Crippen LogP contribution in [0.5, 0.6) is 0 Å². The fourth-order valence-electron chi connectivity index (χ4n) is 3.98. The van der Waals surface area contributed by atoms with Crippen LogP contribution in [0.1, 0.15) is 42.0 Å². The van der Waals surface area contributed by atoms with Crippen LogP contribution in [0.4, 0.5) is 0 Å². The Morgan fingerprint density at radius 3 is 2.80 bits per heavy atom. The van der Waals surface area contributed by atoms with Gasteiger partial charge in [-0.3, -0.25) is 14.7 Å². The van der Waals surface area contributed by atoms with Crippen molar-refractivity contribution >= 4 is 28.6 Å². The van der Waals surface area contributed by atoms with E-state index in [-0.39, 0.29) is 5.56 Å². The molecule has 2 aliphatic heterocycles. The molecule has 6 nitrogen and oxygen atoms in total. The average Bonchev–Trinajstić information content (AvgIpc) is 3.23. The monoisotopic (exact) mass is 439 g/mol. The summed E-state index contributed by atoms with van der Waals surface area (Å²) < 4.78 is 0. The normalized spacial score (nSPS) is 16.9. The van der Waals surface area contributed by atoms with Crippen LogP contribution in [-0.4, -0.2) is 38.7 Å². The Morgan fingerprint density at radius 2 is 2.00 bits per heavy atom. The summed E-state index contributed by atoms with van der Waals surface area (Å²) in [6.07, 6.45) is 3.89. The minimum absolute atomic E-state index is 0.0342. The molecule has 0 saturated heterocycles. The van der Waals surface area contributed by atoms with Crippen molar-refractivity contribution in [3.8, 4) is 10.6 Å². The number of aromatic amines is 1. The highest BCUT2D eigenvalue weighted by Gasteiger charge is 2.23. The van der Waals surface area contributed by atoms with E-state index in [4.69, 9.17) is 21.6 Å². The van der Waals surface area contributed by atoms with Crippen LogP contribution < -0.4 is 5.56 Å². The van der Waals surface area contributed by atoms with Crippen molar-refractivity contribution in [2.45, 2.75) is 38.8 Å². The van der Waals surface area contributed by atoms with Crippen LogP contribution in [0.3, 0.4) is 0 Å². The zero-order chi connectivity index (χ0) is 20.5. The molecule has 5 rings (SSSR count). The first-order valence-electron chi connectivity index (χ1n) is 10.2. The number of aliphatic imine (C=N–C) groups is 1. The van der Waals surface area contributed by atoms with Gasteiger partial charge in [0.1, 0.15) is 5.01 Å². The fourth-order valence-corrected chi connectivity index (χ4v) is 4.92. The molecule has 2 aliphatic rings. The van der Waals surface area contributed by atoms with Crippen LogP contribution >= 0.6 is 22.9 Å². The van der Waals surface area contributed by atoms with Crippen molar-refractivity contribution in [2.24, 2.45) is 4.99 Å². The maximum Gasteiger partial charge on any atom is 0.255 e. The Balaban J connectivity index is 1.31. The number of hydrogen-bond donors (Lipinski definition) is 1. The SMILES string of the molecule is O=c1[nH]c(C2=NCCCC2)nc2c1CN(Cc1csc(-c3ccc(Cl)cc3)n1)CC2. The standard InChI is InChI=1S/C22H22ClN5OS/c23-15-6-4-14(5-7-15)22-25-16(13-30-22)11-28-10-8-18-17(12-28)21(29)27-20(26-18)19-3-1-2-9-24-19/h4-7,13H,1-3,8-12H2,(H,26,27,29). The fraction of sp³-hybridized carbons (Fsp3) is 0.364. The molecule has 3 aromatic rings. The largest absolute Gasteiger partial charge is 0.305 e. The maximum atomic E-state index is 12.7. The number of thiazole rings is 1. The summed E-state index contributed by atoms with van der Waals surface area (Å²) in [5.74, 6) is 0.666. The smallest absolute Gasteiger partial charge is 0.255 e. The Hall–Kier alpha value is -2.35. The number of H-pyrrole nitrogens is 1. The molecule has 30 heavy (non-hydrogen) atoms. The van der Waals surface area contributed by atoms with Gasteiger partial charge in [-0.1, -0.05) is 23.7 Å². The van der Waals surface area contributed by atoms with Gasteiger partial charge in [-0.05, 0) is 31.4 Å². The third-order valence-corrected chi connectivity index (χ3v) is 6.77. The summed E-state index contributed by atoms with van der Waals surface area (Å²) in [7, 11) is 0. The van der Waals surface area contributed by atoms with Crippen LogP contribution in [0.15, 0.2) is 39.4 Å². The molecule has 1 N–H and O–H groups in total. The highest BCUT2D eigenvalue weighted by molar-refractivity contribution is 7.13. The van der Waals surface area contributed by atoms with Gasteiger partial charge >= 0.3 is 0 Å². The molecule has 8 heteroatoms. The van der Waals surface area contributed by atoms with Gasteiger partial charge in [0.15, 0.2) is 5.82 Å². The predicted molar refractivity (Wildman–Crippen MR) is 120 cm³/mol. The number of nitrogens with zero attached hydrogens (tertiary/aromatic N) is 4. The molecule has 0 aliphatic carbocycles. The van der Waals surface area contributed by atoms with Gasteiger partial charge in [-0.2, -0.15) is 0 Å². The van der Waals surface area contributed by atoms with E-state index in [1.54, 1.807) is 11.3 Å². The molecule has 0 atom stereocenters. The second-order valence-corrected chi connectivity index (χ2v) is 9.03. The second-order valence-electron chi connectivity index (χ2n) is 7.74. The van der Waals surface area contributed by atoms with Crippen molar-refractivity contribution in [2.75, 3.05) is 13.1 Å². The molecule has 0 unspecified atom stereocenters. The van der Waals surface area contributed by atoms with Crippen molar-refractivity contribution < 1.29 is 0 Å². The molecule has 0 fully saturated rings. The summed E-state index contributed by atoms with van der Waals surface area (Å²) in [5, 5.41) is 3.79. The van der Waals surface area contributed by atoms with E-state index in [9.17, 15) is 4.79 Å². The third kappa shape index (κ3) is 4.10. The Bertz CT molecular complexity index is 1150. The van der Waals surface area contributed by atoms with E-state index in [0.29, 0.717) is 12.4 Å². The quantitative estimate of drug-likeness (QED) is 0.664. The van der Waals surface area contributed by atoms with E-state index in [2.05, 4.69) is 20.3 Å². The molecule has 0 bridgehead atoms. The number of halogens is 1. The van der Waals surface area contributed by atoms with Crippen molar-refractivity contribution in [1.82, 2.24) is 19.9 Å². The van der Waals surface area contributed by atoms with Crippen LogP contribution in [0, 0.1) is 0 Å². The minimum atomic E-state index is -0.0342. The van der Waals surface area contributed by atoms with Gasteiger partial charge in [0.05, 0.1) is 22.7 Å². The highest BCUT2D eigenvalue weighted by Crippen LogP contribution is 2.26. The van der Waals surface area contributed by atoms with Crippen molar-refractivity contribution in [3.05, 3.63) is 67.8 Å². The van der Waals surface area contributed by atoms with Gasteiger partial charge in [0.25, 0.3) is 5.56 Å². The lowest BCUT2D eigenvalue weighted by Crippen LogP contribution is -2.36. The molecule has 0 saturated carbocycles. The maximum absolute atomic E-state index is 12.7. The van der Waals surface area contributed by atoms with E-state index in [1.807, 2.05) is 24.3 Å². The van der Waals surface area contributed by atoms with Gasteiger partial charge in [-0.25, -0.2) is 9.97 Å². The predicted octanol–water partition coefficient (Wildman–Crippen LogP) is 4.08. The molecule has 0 spiro atoms. The lowest BCUT2D eigenvalue weighted by molar-refractivity contribution is 0.239. The van der Waals surface area contributed by atoms with E-state index >= 15 is 0 Å². The Morgan fingerprint density at radius 1 is 1.13 bits per heavy atom. The summed E-state index contributed by atoms with van der Waals surface area (Å²) >= 11 is 7.61. The topological polar surface area (TPSA) is 74.2 Å². The average molecular weight is 440 g/mol. The van der Waals surface area contributed by atoms with Gasteiger partial charge in [-0.15, -0.1) is 11.3 Å². The van der Waals surface area contributed by atoms with Crippen molar-refractivity contribution in [1.29, 1.82) is 0 Å². The van der Waals surface area contributed by atoms with Gasteiger partial charge < -0.3 is 4.98 Å². The number of hydrogen-bond acceptors (Lipinski definition) is 6. The van der Waals surface area contributed by atoms with Crippen LogP contribution in [-0.2, 0) is 19.5 Å². The molecule has 1 aromatic carbocycles. The number of nitrogens with one attached hydrogen (secondary N) is 1. The first-order chi connectivity index (χ1) is 14.7. The second kappa shape index (κ2) is 8.41. The Kier molecular flexibility index (Phi) is 5.50. The number of rotatable bonds is 4. The summed E-state index contributed by atoms with van der Waals surface area (Å²) in [4.78, 5) is 32.1. The molecular weight excluding hydrogens is 418 g/mol. The lowest BCUT2D eigenvalue weighted by atomic mass is 10.1. The summed E-state index contributed by atoms with van der Waals surface area (Å²) in [6.45, 7) is 3.01.